The van der Waals surface area contributed by atoms with E-state index in [0.717, 1.165) is 31.5 Å². The monoisotopic (exact) mass is 342 g/mol. The lowest BCUT2D eigenvalue weighted by Crippen LogP contribution is -2.58. The number of hydrogen-bond acceptors (Lipinski definition) is 3. The van der Waals surface area contributed by atoms with E-state index in [0.29, 0.717) is 17.4 Å². The van der Waals surface area contributed by atoms with E-state index in [2.05, 4.69) is 5.32 Å². The Morgan fingerprint density at radius 2 is 2.04 bits per heavy atom. The van der Waals surface area contributed by atoms with Crippen LogP contribution in [0.4, 0.5) is 4.39 Å². The molecule has 2 bridgehead atoms. The summed E-state index contributed by atoms with van der Waals surface area (Å²) in [7, 11) is 0. The van der Waals surface area contributed by atoms with Gasteiger partial charge in [0.05, 0.1) is 6.61 Å². The zero-order valence-corrected chi connectivity index (χ0v) is 13.9. The van der Waals surface area contributed by atoms with Gasteiger partial charge in [-0.1, -0.05) is 18.6 Å². The van der Waals surface area contributed by atoms with Gasteiger partial charge in [-0.3, -0.25) is 4.79 Å². The third-order valence-electron chi connectivity index (χ3n) is 5.12. The maximum Gasteiger partial charge on any atom is 0.248 e. The number of primary amides is 1. The Morgan fingerprint density at radius 3 is 2.65 bits per heavy atom. The first kappa shape index (κ1) is 18.2. The highest BCUT2D eigenvalue weighted by Crippen LogP contribution is 2.50. The molecule has 2 unspecified atom stereocenters. The van der Waals surface area contributed by atoms with Crippen molar-refractivity contribution in [3.05, 3.63) is 35.4 Å². The van der Waals surface area contributed by atoms with Crippen molar-refractivity contribution >= 4 is 18.3 Å². The van der Waals surface area contributed by atoms with Gasteiger partial charge in [0.25, 0.3) is 0 Å². The predicted molar refractivity (Wildman–Crippen MR) is 89.5 cm³/mol. The molecule has 2 atom stereocenters. The van der Waals surface area contributed by atoms with E-state index < -0.39 is 18.2 Å². The molecule has 6 heteroatoms. The van der Waals surface area contributed by atoms with Crippen molar-refractivity contribution in [2.75, 3.05) is 26.4 Å². The molecule has 1 aromatic rings. The molecule has 1 saturated heterocycles. The highest BCUT2D eigenvalue weighted by Gasteiger charge is 2.51. The summed E-state index contributed by atoms with van der Waals surface area (Å²) in [5.41, 5.74) is 6.37. The number of halogens is 2. The van der Waals surface area contributed by atoms with Gasteiger partial charge >= 0.3 is 0 Å². The predicted octanol–water partition coefficient (Wildman–Crippen LogP) is 2.41. The molecule has 4 nitrogen and oxygen atoms in total. The number of carbonyl (C=O) groups is 1. The van der Waals surface area contributed by atoms with Crippen LogP contribution in [0.3, 0.4) is 0 Å². The Kier molecular flexibility index (Phi) is 6.00. The third kappa shape index (κ3) is 3.23. The third-order valence-corrected chi connectivity index (χ3v) is 5.12. The van der Waals surface area contributed by atoms with E-state index in [1.807, 2.05) is 18.2 Å². The molecule has 1 aliphatic carbocycles. The van der Waals surface area contributed by atoms with Crippen LogP contribution in [0.1, 0.15) is 35.2 Å². The van der Waals surface area contributed by atoms with Crippen molar-refractivity contribution in [3.63, 3.8) is 0 Å². The molecule has 2 aliphatic rings. The van der Waals surface area contributed by atoms with Gasteiger partial charge in [0.1, 0.15) is 12.3 Å². The molecular formula is C17H24ClFN2O2. The maximum atomic E-state index is 12.8. The number of fused-ring (bicyclic) bond motifs is 2. The zero-order chi connectivity index (χ0) is 15.6. The second-order valence-electron chi connectivity index (χ2n) is 6.26. The number of ether oxygens (including phenoxy) is 1. The largest absolute Gasteiger partial charge is 0.367 e. The number of hydrogen-bond donors (Lipinski definition) is 2. The van der Waals surface area contributed by atoms with E-state index >= 15 is 0 Å². The fourth-order valence-electron chi connectivity index (χ4n) is 4.23. The Labute approximate surface area is 142 Å². The standard InChI is InChI=1S/C17H23FN2O2.ClH/c18-7-8-22-17(13-4-1-3-12(9-13)16(19)21)14-5-2-6-15(17)11-20-10-14;/h1,3-4,9,14-15,20H,2,5-8,10-11H2,(H2,19,21);1H. The van der Waals surface area contributed by atoms with E-state index in [1.54, 1.807) is 6.07 Å². The van der Waals surface area contributed by atoms with Crippen LogP contribution in [-0.4, -0.2) is 32.3 Å². The number of amides is 1. The van der Waals surface area contributed by atoms with Crippen molar-refractivity contribution in [1.29, 1.82) is 0 Å². The van der Waals surface area contributed by atoms with Gasteiger partial charge in [0, 0.05) is 30.5 Å². The van der Waals surface area contributed by atoms with Crippen LogP contribution in [-0.2, 0) is 10.3 Å². The summed E-state index contributed by atoms with van der Waals surface area (Å²) in [6.45, 7) is 1.32. The molecule has 2 fully saturated rings. The number of carbonyl (C=O) groups excluding carboxylic acids is 1. The van der Waals surface area contributed by atoms with Crippen LogP contribution in [0.15, 0.2) is 24.3 Å². The van der Waals surface area contributed by atoms with Crippen LogP contribution < -0.4 is 11.1 Å². The number of rotatable bonds is 5. The topological polar surface area (TPSA) is 64.4 Å². The number of benzene rings is 1. The molecule has 1 saturated carbocycles. The van der Waals surface area contributed by atoms with Crippen LogP contribution in [0, 0.1) is 11.8 Å². The minimum Gasteiger partial charge on any atom is -0.367 e. The molecule has 0 aromatic heterocycles. The van der Waals surface area contributed by atoms with Crippen molar-refractivity contribution in [3.8, 4) is 0 Å². The number of piperidine rings is 1. The van der Waals surface area contributed by atoms with E-state index in [9.17, 15) is 9.18 Å². The van der Waals surface area contributed by atoms with Crippen LogP contribution in [0.25, 0.3) is 0 Å². The fraction of sp³-hybridized carbons (Fsp3) is 0.588. The zero-order valence-electron chi connectivity index (χ0n) is 13.1. The lowest BCUT2D eigenvalue weighted by atomic mass is 9.62. The SMILES string of the molecule is Cl.NC(=O)c1cccc(C2(OCCF)C3CCCC2CNC3)c1. The molecule has 1 aromatic carbocycles. The van der Waals surface area contributed by atoms with Gasteiger partial charge in [0.15, 0.2) is 0 Å². The molecule has 1 aliphatic heterocycles. The molecule has 1 heterocycles. The van der Waals surface area contributed by atoms with Crippen molar-refractivity contribution in [1.82, 2.24) is 5.32 Å². The fourth-order valence-corrected chi connectivity index (χ4v) is 4.23. The summed E-state index contributed by atoms with van der Waals surface area (Å²) >= 11 is 0. The quantitative estimate of drug-likeness (QED) is 0.863. The molecular weight excluding hydrogens is 319 g/mol. The van der Waals surface area contributed by atoms with Gasteiger partial charge in [0.2, 0.25) is 5.91 Å². The molecule has 3 N–H and O–H groups in total. The average Bonchev–Trinajstić information content (AvgIpc) is 2.52. The van der Waals surface area contributed by atoms with Crippen LogP contribution >= 0.6 is 12.4 Å². The summed E-state index contributed by atoms with van der Waals surface area (Å²) in [5, 5.41) is 3.46. The molecule has 128 valence electrons. The second-order valence-corrected chi connectivity index (χ2v) is 6.26. The summed E-state index contributed by atoms with van der Waals surface area (Å²) in [4.78, 5) is 11.5. The average molecular weight is 343 g/mol. The summed E-state index contributed by atoms with van der Waals surface area (Å²) in [5.74, 6) is 0.158. The normalized spacial score (nSPS) is 29.6. The lowest BCUT2D eigenvalue weighted by molar-refractivity contribution is -0.166. The highest BCUT2D eigenvalue weighted by atomic mass is 35.5. The summed E-state index contributed by atoms with van der Waals surface area (Å²) < 4.78 is 18.9. The van der Waals surface area contributed by atoms with Gasteiger partial charge in [-0.15, -0.1) is 12.4 Å². The first-order valence-electron chi connectivity index (χ1n) is 7.99. The summed E-state index contributed by atoms with van der Waals surface area (Å²) in [6, 6.07) is 7.37. The van der Waals surface area contributed by atoms with Gasteiger partial charge in [-0.05, 0) is 30.5 Å². The Bertz CT molecular complexity index is 533. The van der Waals surface area contributed by atoms with E-state index in [-0.39, 0.29) is 19.0 Å². The molecule has 1 amide bonds. The number of nitrogens with one attached hydrogen (secondary N) is 1. The van der Waals surface area contributed by atoms with Crippen molar-refractivity contribution in [2.45, 2.75) is 24.9 Å². The number of alkyl halides is 1. The highest BCUT2D eigenvalue weighted by molar-refractivity contribution is 5.92. The van der Waals surface area contributed by atoms with E-state index in [1.165, 1.54) is 6.42 Å². The molecule has 23 heavy (non-hydrogen) atoms. The van der Waals surface area contributed by atoms with Crippen molar-refractivity contribution in [2.24, 2.45) is 17.6 Å². The van der Waals surface area contributed by atoms with Gasteiger partial charge in [-0.25, -0.2) is 4.39 Å². The number of nitrogens with two attached hydrogens (primary N) is 1. The lowest BCUT2D eigenvalue weighted by Gasteiger charge is -2.53. The van der Waals surface area contributed by atoms with Gasteiger partial charge < -0.3 is 15.8 Å². The van der Waals surface area contributed by atoms with Crippen molar-refractivity contribution < 1.29 is 13.9 Å². The van der Waals surface area contributed by atoms with Crippen LogP contribution in [0.2, 0.25) is 0 Å². The first-order valence-corrected chi connectivity index (χ1v) is 7.99. The maximum absolute atomic E-state index is 12.8. The molecule has 3 rings (SSSR count). The minimum absolute atomic E-state index is 0. The first-order chi connectivity index (χ1) is 10.7. The second kappa shape index (κ2) is 7.60. The molecule has 0 radical (unpaired) electrons. The molecule has 0 spiro atoms. The Balaban J connectivity index is 0.00000192. The minimum atomic E-state index is -0.499. The van der Waals surface area contributed by atoms with Gasteiger partial charge in [-0.2, -0.15) is 0 Å². The smallest absolute Gasteiger partial charge is 0.248 e. The van der Waals surface area contributed by atoms with Crippen LogP contribution in [0.5, 0.6) is 0 Å². The summed E-state index contributed by atoms with van der Waals surface area (Å²) in [6.07, 6.45) is 3.28. The Morgan fingerprint density at radius 1 is 1.35 bits per heavy atom. The Hall–Kier alpha value is -1.17. The van der Waals surface area contributed by atoms with E-state index in [4.69, 9.17) is 10.5 Å².